The second-order valence-corrected chi connectivity index (χ2v) is 6.52. The van der Waals surface area contributed by atoms with Crippen molar-refractivity contribution in [3.05, 3.63) is 71.3 Å². The van der Waals surface area contributed by atoms with Crippen molar-refractivity contribution in [2.24, 2.45) is 0 Å². The molecule has 0 bridgehead atoms. The van der Waals surface area contributed by atoms with E-state index in [0.717, 1.165) is 31.0 Å². The summed E-state index contributed by atoms with van der Waals surface area (Å²) in [5.41, 5.74) is 0.729. The molecule has 0 radical (unpaired) electrons. The molecule has 3 unspecified atom stereocenters. The lowest BCUT2D eigenvalue weighted by atomic mass is 9.86. The Labute approximate surface area is 151 Å². The predicted molar refractivity (Wildman–Crippen MR) is 93.6 cm³/mol. The van der Waals surface area contributed by atoms with Gasteiger partial charge < -0.3 is 9.47 Å². The van der Waals surface area contributed by atoms with E-state index in [-0.39, 0.29) is 11.3 Å². The van der Waals surface area contributed by atoms with Crippen LogP contribution in [0.4, 0.5) is 8.78 Å². The van der Waals surface area contributed by atoms with Crippen molar-refractivity contribution in [1.29, 1.82) is 0 Å². The monoisotopic (exact) mass is 360 g/mol. The van der Waals surface area contributed by atoms with Crippen LogP contribution in [-0.2, 0) is 14.3 Å². The molecule has 0 N–H and O–H groups in total. The number of carbonyl (C=O) groups excluding carboxylic acids is 1. The molecular formula is C21H22F2O3. The van der Waals surface area contributed by atoms with Crippen LogP contribution in [0.5, 0.6) is 0 Å². The first-order chi connectivity index (χ1) is 12.6. The molecule has 3 atom stereocenters. The summed E-state index contributed by atoms with van der Waals surface area (Å²) in [5, 5.41) is 0. The van der Waals surface area contributed by atoms with Crippen LogP contribution in [0.2, 0.25) is 0 Å². The maximum absolute atomic E-state index is 14.5. The van der Waals surface area contributed by atoms with Crippen LogP contribution in [0, 0.1) is 11.6 Å². The highest BCUT2D eigenvalue weighted by molar-refractivity contribution is 5.84. The summed E-state index contributed by atoms with van der Waals surface area (Å²) in [5.74, 6) is -2.11. The zero-order valence-corrected chi connectivity index (χ0v) is 14.7. The Morgan fingerprint density at radius 1 is 1.15 bits per heavy atom. The van der Waals surface area contributed by atoms with Crippen molar-refractivity contribution in [2.45, 2.75) is 44.5 Å². The lowest BCUT2D eigenvalue weighted by molar-refractivity contribution is -0.195. The highest BCUT2D eigenvalue weighted by atomic mass is 19.1. The fraction of sp³-hybridized carbons (Fsp3) is 0.381. The zero-order chi connectivity index (χ0) is 18.5. The molecule has 0 saturated carbocycles. The van der Waals surface area contributed by atoms with Crippen LogP contribution in [0.25, 0.3) is 0 Å². The fourth-order valence-corrected chi connectivity index (χ4v) is 3.33. The summed E-state index contributed by atoms with van der Waals surface area (Å²) < 4.78 is 40.0. The van der Waals surface area contributed by atoms with Gasteiger partial charge in [0, 0.05) is 12.2 Å². The van der Waals surface area contributed by atoms with Gasteiger partial charge in [-0.2, -0.15) is 0 Å². The standard InChI is InChI=1S/C21H22F2O3/c1-14(24)20(15-7-3-2-4-8-15)21(26-19-9-5-6-12-25-19)17-13-16(22)10-11-18(17)23/h2-4,7-8,10-11,13,19-21H,5-6,9,12H2,1H3. The Hall–Kier alpha value is -2.11. The summed E-state index contributed by atoms with van der Waals surface area (Å²) in [7, 11) is 0. The van der Waals surface area contributed by atoms with Gasteiger partial charge in [-0.05, 0) is 49.9 Å². The summed E-state index contributed by atoms with van der Waals surface area (Å²) in [4.78, 5) is 12.5. The van der Waals surface area contributed by atoms with Gasteiger partial charge in [-0.15, -0.1) is 0 Å². The topological polar surface area (TPSA) is 35.5 Å². The number of ketones is 1. The van der Waals surface area contributed by atoms with E-state index >= 15 is 0 Å². The van der Waals surface area contributed by atoms with Crippen molar-refractivity contribution < 1.29 is 23.0 Å². The van der Waals surface area contributed by atoms with Crippen LogP contribution in [0.1, 0.15) is 49.3 Å². The molecule has 0 aromatic heterocycles. The third-order valence-corrected chi connectivity index (χ3v) is 4.60. The number of ether oxygens (including phenoxy) is 2. The molecule has 0 aliphatic carbocycles. The van der Waals surface area contributed by atoms with Gasteiger partial charge in [0.1, 0.15) is 23.5 Å². The Bertz CT molecular complexity index is 742. The van der Waals surface area contributed by atoms with E-state index in [1.54, 1.807) is 24.3 Å². The largest absolute Gasteiger partial charge is 0.353 e. The van der Waals surface area contributed by atoms with E-state index in [1.165, 1.54) is 6.92 Å². The lowest BCUT2D eigenvalue weighted by Gasteiger charge is -2.32. The lowest BCUT2D eigenvalue weighted by Crippen LogP contribution is -2.30. The van der Waals surface area contributed by atoms with E-state index in [4.69, 9.17) is 9.47 Å². The Kier molecular flexibility index (Phi) is 6.12. The van der Waals surface area contributed by atoms with Gasteiger partial charge in [0.15, 0.2) is 6.29 Å². The van der Waals surface area contributed by atoms with Crippen molar-refractivity contribution in [1.82, 2.24) is 0 Å². The third kappa shape index (κ3) is 4.34. The summed E-state index contributed by atoms with van der Waals surface area (Å²) in [6, 6.07) is 12.2. The van der Waals surface area contributed by atoms with Crippen LogP contribution in [-0.4, -0.2) is 18.7 Å². The van der Waals surface area contributed by atoms with E-state index in [9.17, 15) is 13.6 Å². The molecule has 5 heteroatoms. The molecule has 138 valence electrons. The molecule has 2 aromatic carbocycles. The van der Waals surface area contributed by atoms with Crippen LogP contribution in [0.15, 0.2) is 48.5 Å². The highest BCUT2D eigenvalue weighted by Crippen LogP contribution is 2.38. The maximum atomic E-state index is 14.5. The van der Waals surface area contributed by atoms with Crippen molar-refractivity contribution in [3.63, 3.8) is 0 Å². The minimum absolute atomic E-state index is 0.0308. The minimum Gasteiger partial charge on any atom is -0.353 e. The number of hydrogen-bond donors (Lipinski definition) is 0. The number of hydrogen-bond acceptors (Lipinski definition) is 3. The van der Waals surface area contributed by atoms with Gasteiger partial charge in [0.2, 0.25) is 0 Å². The van der Waals surface area contributed by atoms with E-state index in [0.29, 0.717) is 18.6 Å². The highest BCUT2D eigenvalue weighted by Gasteiger charge is 2.34. The number of benzene rings is 2. The molecular weight excluding hydrogens is 338 g/mol. The molecule has 0 spiro atoms. The molecule has 3 nitrogen and oxygen atoms in total. The number of rotatable bonds is 6. The quantitative estimate of drug-likeness (QED) is 0.733. The molecule has 1 fully saturated rings. The van der Waals surface area contributed by atoms with Crippen LogP contribution < -0.4 is 0 Å². The molecule has 2 aromatic rings. The second kappa shape index (κ2) is 8.52. The number of Topliss-reactive ketones (excluding diaryl/α,β-unsaturated/α-hetero) is 1. The van der Waals surface area contributed by atoms with Gasteiger partial charge in [-0.25, -0.2) is 8.78 Å². The Morgan fingerprint density at radius 3 is 2.58 bits per heavy atom. The number of carbonyl (C=O) groups is 1. The molecule has 26 heavy (non-hydrogen) atoms. The average Bonchev–Trinajstić information content (AvgIpc) is 2.65. The van der Waals surface area contributed by atoms with Gasteiger partial charge in [-0.3, -0.25) is 4.79 Å². The molecule has 1 saturated heterocycles. The van der Waals surface area contributed by atoms with Crippen LogP contribution >= 0.6 is 0 Å². The van der Waals surface area contributed by atoms with Gasteiger partial charge in [0.25, 0.3) is 0 Å². The van der Waals surface area contributed by atoms with E-state index in [1.807, 2.05) is 6.07 Å². The first-order valence-corrected chi connectivity index (χ1v) is 8.83. The molecule has 1 aliphatic heterocycles. The van der Waals surface area contributed by atoms with Gasteiger partial charge >= 0.3 is 0 Å². The predicted octanol–water partition coefficient (Wildman–Crippen LogP) is 4.92. The average molecular weight is 360 g/mol. The molecule has 1 heterocycles. The number of halogens is 2. The minimum atomic E-state index is -0.964. The fourth-order valence-electron chi connectivity index (χ4n) is 3.33. The van der Waals surface area contributed by atoms with Crippen molar-refractivity contribution >= 4 is 5.78 Å². The van der Waals surface area contributed by atoms with Gasteiger partial charge in [-0.1, -0.05) is 30.3 Å². The van der Waals surface area contributed by atoms with E-state index in [2.05, 4.69) is 0 Å². The molecule has 1 aliphatic rings. The first kappa shape index (κ1) is 18.7. The van der Waals surface area contributed by atoms with Crippen molar-refractivity contribution in [2.75, 3.05) is 6.61 Å². The SMILES string of the molecule is CC(=O)C(c1ccccc1)C(OC1CCCCO1)c1cc(F)ccc1F. The maximum Gasteiger partial charge on any atom is 0.158 e. The van der Waals surface area contributed by atoms with E-state index < -0.39 is 29.9 Å². The summed E-state index contributed by atoms with van der Waals surface area (Å²) in [6.45, 7) is 1.99. The zero-order valence-electron chi connectivity index (χ0n) is 14.7. The normalized spacial score (nSPS) is 19.7. The third-order valence-electron chi connectivity index (χ3n) is 4.60. The first-order valence-electron chi connectivity index (χ1n) is 8.83. The Morgan fingerprint density at radius 2 is 1.92 bits per heavy atom. The molecule has 3 rings (SSSR count). The second-order valence-electron chi connectivity index (χ2n) is 6.52. The Balaban J connectivity index is 2.02. The molecule has 0 amide bonds. The summed E-state index contributed by atoms with van der Waals surface area (Å²) >= 11 is 0. The smallest absolute Gasteiger partial charge is 0.158 e. The van der Waals surface area contributed by atoms with Crippen molar-refractivity contribution in [3.8, 4) is 0 Å². The van der Waals surface area contributed by atoms with Gasteiger partial charge in [0.05, 0.1) is 5.92 Å². The van der Waals surface area contributed by atoms with Crippen LogP contribution in [0.3, 0.4) is 0 Å². The summed E-state index contributed by atoms with van der Waals surface area (Å²) in [6.07, 6.45) is 1.02.